The van der Waals surface area contributed by atoms with Gasteiger partial charge < -0.3 is 29.2 Å². The second-order valence-corrected chi connectivity index (χ2v) is 6.21. The van der Waals surface area contributed by atoms with Crippen molar-refractivity contribution in [3.63, 3.8) is 0 Å². The van der Waals surface area contributed by atoms with Crippen LogP contribution in [0.5, 0.6) is 23.0 Å². The van der Waals surface area contributed by atoms with Crippen LogP contribution < -0.4 is 18.9 Å². The maximum absolute atomic E-state index is 12.6. The molecule has 0 radical (unpaired) electrons. The fraction of sp³-hybridized carbons (Fsp3) is 0.400. The van der Waals surface area contributed by atoms with Crippen molar-refractivity contribution in [3.05, 3.63) is 52.2 Å². The summed E-state index contributed by atoms with van der Waals surface area (Å²) in [5.41, 5.74) is 3.12. The molecule has 2 aromatic rings. The lowest BCUT2D eigenvalue weighted by molar-refractivity contribution is 0.261. The highest BCUT2D eigenvalue weighted by Crippen LogP contribution is 2.39. The number of benzene rings is 2. The Morgan fingerprint density at radius 2 is 1.50 bits per heavy atom. The number of nitrogens with zero attached hydrogens (tertiary/aromatic N) is 1. The summed E-state index contributed by atoms with van der Waals surface area (Å²) >= 11 is 0. The third-order valence-corrected chi connectivity index (χ3v) is 4.83. The standard InChI is InChI=1S/C20H24NO5/c1-23-17-6-5-13(10-18(17)24-2)9-16-15-12-20(26-4)19(25-3)11-14(15)7-8-21(16)22/h5-6,10-12,16H,7-9H2,1-4H3/q-1. The third kappa shape index (κ3) is 3.43. The van der Waals surface area contributed by atoms with Gasteiger partial charge in [0.1, 0.15) is 0 Å². The molecular formula is C20H24NO5-. The van der Waals surface area contributed by atoms with E-state index in [-0.39, 0.29) is 6.04 Å². The SMILES string of the molecule is COc1ccc(CC2c3cc(OC)c(OC)cc3CCN2[O-])cc1OC. The van der Waals surface area contributed by atoms with Crippen molar-refractivity contribution in [1.29, 1.82) is 0 Å². The molecule has 0 aromatic heterocycles. The third-order valence-electron chi connectivity index (χ3n) is 4.83. The van der Waals surface area contributed by atoms with E-state index in [1.165, 1.54) is 0 Å². The summed E-state index contributed by atoms with van der Waals surface area (Å²) in [5.74, 6) is 2.66. The van der Waals surface area contributed by atoms with E-state index in [1.54, 1.807) is 28.4 Å². The number of ether oxygens (including phenoxy) is 4. The molecule has 0 N–H and O–H groups in total. The maximum Gasteiger partial charge on any atom is 0.161 e. The highest BCUT2D eigenvalue weighted by molar-refractivity contribution is 5.50. The normalized spacial score (nSPS) is 16.7. The van der Waals surface area contributed by atoms with Gasteiger partial charge in [0.15, 0.2) is 23.0 Å². The predicted molar refractivity (Wildman–Crippen MR) is 99.3 cm³/mol. The van der Waals surface area contributed by atoms with Gasteiger partial charge in [-0.1, -0.05) is 6.07 Å². The topological polar surface area (TPSA) is 63.2 Å². The van der Waals surface area contributed by atoms with E-state index >= 15 is 0 Å². The molecule has 6 nitrogen and oxygen atoms in total. The van der Waals surface area contributed by atoms with Gasteiger partial charge in [-0.05, 0) is 60.3 Å². The molecule has 0 amide bonds. The lowest BCUT2D eigenvalue weighted by Gasteiger charge is -2.42. The fourth-order valence-corrected chi connectivity index (χ4v) is 3.45. The van der Waals surface area contributed by atoms with Gasteiger partial charge in [0.2, 0.25) is 0 Å². The van der Waals surface area contributed by atoms with Gasteiger partial charge in [0, 0.05) is 6.04 Å². The molecule has 26 heavy (non-hydrogen) atoms. The van der Waals surface area contributed by atoms with E-state index in [0.717, 1.165) is 21.8 Å². The molecule has 0 bridgehead atoms. The molecule has 0 spiro atoms. The van der Waals surface area contributed by atoms with Crippen molar-refractivity contribution in [2.45, 2.75) is 18.9 Å². The van der Waals surface area contributed by atoms with Crippen LogP contribution in [-0.2, 0) is 12.8 Å². The zero-order valence-corrected chi connectivity index (χ0v) is 15.6. The average Bonchev–Trinajstić information content (AvgIpc) is 2.68. The van der Waals surface area contributed by atoms with Gasteiger partial charge >= 0.3 is 0 Å². The van der Waals surface area contributed by atoms with Crippen LogP contribution in [0.15, 0.2) is 30.3 Å². The summed E-state index contributed by atoms with van der Waals surface area (Å²) in [5, 5.41) is 13.7. The Bertz CT molecular complexity index is 777. The van der Waals surface area contributed by atoms with Crippen molar-refractivity contribution < 1.29 is 18.9 Å². The smallest absolute Gasteiger partial charge is 0.161 e. The minimum Gasteiger partial charge on any atom is -0.785 e. The molecule has 2 aromatic carbocycles. The van der Waals surface area contributed by atoms with Crippen LogP contribution in [0.4, 0.5) is 0 Å². The van der Waals surface area contributed by atoms with Crippen LogP contribution in [0.2, 0.25) is 0 Å². The van der Waals surface area contributed by atoms with Gasteiger partial charge in [0.05, 0.1) is 28.4 Å². The molecule has 6 heteroatoms. The van der Waals surface area contributed by atoms with Gasteiger partial charge in [-0.3, -0.25) is 0 Å². The molecule has 1 aliphatic rings. The summed E-state index contributed by atoms with van der Waals surface area (Å²) in [6.07, 6.45) is 1.27. The zero-order valence-electron chi connectivity index (χ0n) is 15.6. The number of methoxy groups -OCH3 is 4. The number of hydrogen-bond acceptors (Lipinski definition) is 6. The van der Waals surface area contributed by atoms with Gasteiger partial charge in [-0.2, -0.15) is 0 Å². The van der Waals surface area contributed by atoms with Crippen LogP contribution in [-0.4, -0.2) is 40.0 Å². The lowest BCUT2D eigenvalue weighted by atomic mass is 9.89. The van der Waals surface area contributed by atoms with E-state index in [0.29, 0.717) is 42.4 Å². The predicted octanol–water partition coefficient (Wildman–Crippen LogP) is 3.36. The van der Waals surface area contributed by atoms with Crippen LogP contribution in [0, 0.1) is 5.21 Å². The first-order valence-electron chi connectivity index (χ1n) is 8.50. The van der Waals surface area contributed by atoms with Gasteiger partial charge in [-0.25, -0.2) is 0 Å². The zero-order chi connectivity index (χ0) is 18.7. The van der Waals surface area contributed by atoms with E-state index in [9.17, 15) is 5.21 Å². The number of hydrogen-bond donors (Lipinski definition) is 0. The van der Waals surface area contributed by atoms with Crippen molar-refractivity contribution in [2.75, 3.05) is 35.0 Å². The second-order valence-electron chi connectivity index (χ2n) is 6.21. The first-order chi connectivity index (χ1) is 12.6. The van der Waals surface area contributed by atoms with Crippen LogP contribution in [0.1, 0.15) is 22.7 Å². The Hall–Kier alpha value is -2.44. The Labute approximate surface area is 153 Å². The minimum absolute atomic E-state index is 0.281. The van der Waals surface area contributed by atoms with Crippen LogP contribution >= 0.6 is 0 Å². The first kappa shape index (κ1) is 18.4. The Kier molecular flexibility index (Phi) is 5.54. The van der Waals surface area contributed by atoms with Gasteiger partial charge in [-0.15, -0.1) is 0 Å². The van der Waals surface area contributed by atoms with E-state index in [4.69, 9.17) is 18.9 Å². The number of rotatable bonds is 6. The summed E-state index contributed by atoms with van der Waals surface area (Å²) in [7, 11) is 6.43. The van der Waals surface area contributed by atoms with E-state index < -0.39 is 0 Å². The molecule has 0 aliphatic carbocycles. The molecule has 1 unspecified atom stereocenters. The molecular weight excluding hydrogens is 334 g/mol. The highest BCUT2D eigenvalue weighted by atomic mass is 16.5. The Morgan fingerprint density at radius 3 is 2.15 bits per heavy atom. The second kappa shape index (κ2) is 7.85. The quantitative estimate of drug-likeness (QED) is 0.789. The first-order valence-corrected chi connectivity index (χ1v) is 8.50. The molecule has 0 saturated heterocycles. The monoisotopic (exact) mass is 358 g/mol. The highest BCUT2D eigenvalue weighted by Gasteiger charge is 2.25. The Morgan fingerprint density at radius 1 is 0.885 bits per heavy atom. The van der Waals surface area contributed by atoms with Crippen LogP contribution in [0.25, 0.3) is 0 Å². The number of fused-ring (bicyclic) bond motifs is 1. The number of hydroxylamine groups is 2. The Balaban J connectivity index is 1.96. The molecule has 1 heterocycles. The van der Waals surface area contributed by atoms with E-state index in [1.807, 2.05) is 30.3 Å². The molecule has 1 atom stereocenters. The van der Waals surface area contributed by atoms with Gasteiger partial charge in [0.25, 0.3) is 0 Å². The van der Waals surface area contributed by atoms with E-state index in [2.05, 4.69) is 0 Å². The van der Waals surface area contributed by atoms with Crippen LogP contribution in [0.3, 0.4) is 0 Å². The maximum atomic E-state index is 12.6. The largest absolute Gasteiger partial charge is 0.785 e. The molecule has 0 saturated carbocycles. The van der Waals surface area contributed by atoms with Crippen molar-refractivity contribution in [1.82, 2.24) is 5.06 Å². The molecule has 1 aliphatic heterocycles. The minimum atomic E-state index is -0.281. The molecule has 0 fully saturated rings. The molecule has 140 valence electrons. The van der Waals surface area contributed by atoms with Crippen molar-refractivity contribution in [3.8, 4) is 23.0 Å². The fourth-order valence-electron chi connectivity index (χ4n) is 3.45. The summed E-state index contributed by atoms with van der Waals surface area (Å²) < 4.78 is 21.5. The summed E-state index contributed by atoms with van der Waals surface area (Å²) in [4.78, 5) is 0. The lowest BCUT2D eigenvalue weighted by Crippen LogP contribution is -2.32. The molecule has 3 rings (SSSR count). The summed E-state index contributed by atoms with van der Waals surface area (Å²) in [6, 6.07) is 9.36. The average molecular weight is 358 g/mol. The van der Waals surface area contributed by atoms with Crippen molar-refractivity contribution >= 4 is 0 Å². The van der Waals surface area contributed by atoms with Crippen molar-refractivity contribution in [2.24, 2.45) is 0 Å². The summed E-state index contributed by atoms with van der Waals surface area (Å²) in [6.45, 7) is 0.459.